The van der Waals surface area contributed by atoms with E-state index in [1.165, 1.54) is 17.5 Å². The first-order valence-electron chi connectivity index (χ1n) is 5.94. The van der Waals surface area contributed by atoms with Crippen molar-refractivity contribution in [2.45, 2.75) is 6.92 Å². The molecule has 0 radical (unpaired) electrons. The molecule has 0 saturated carbocycles. The normalized spacial score (nSPS) is 10.8. The van der Waals surface area contributed by atoms with E-state index in [2.05, 4.69) is 38.2 Å². The van der Waals surface area contributed by atoms with Crippen molar-refractivity contribution in [3.05, 3.63) is 50.7 Å². The Bertz CT molecular complexity index is 719. The van der Waals surface area contributed by atoms with E-state index in [-0.39, 0.29) is 5.57 Å². The van der Waals surface area contributed by atoms with Crippen LogP contribution in [0.5, 0.6) is 0 Å². The maximum absolute atomic E-state index is 12.1. The highest BCUT2D eigenvalue weighted by Crippen LogP contribution is 2.18. The van der Waals surface area contributed by atoms with E-state index < -0.39 is 5.91 Å². The van der Waals surface area contributed by atoms with Crippen molar-refractivity contribution in [1.29, 1.82) is 5.26 Å². The highest BCUT2D eigenvalue weighted by Gasteiger charge is 2.11. The van der Waals surface area contributed by atoms with E-state index in [0.717, 1.165) is 9.13 Å². The number of nitrogens with zero attached hydrogens (tertiary/aromatic N) is 2. The van der Waals surface area contributed by atoms with E-state index in [1.807, 2.05) is 31.2 Å². The Kier molecular flexibility index (Phi) is 5.30. The number of hydrogen-bond donors (Lipinski definition) is 2. The fourth-order valence-electron chi connectivity index (χ4n) is 1.53. The number of nitriles is 1. The standard InChI is InChI=1S/C14H11IN4OS/c1-9-6-11(15)2-3-12(9)19-13(20)10(7-16)8-18-14-17-4-5-21-14/h2-6,8H,1H3,(H,17,18)(H,19,20)/b10-8-. The lowest BCUT2D eigenvalue weighted by Crippen LogP contribution is -2.15. The third-order valence-corrected chi connectivity index (χ3v) is 3.95. The summed E-state index contributed by atoms with van der Waals surface area (Å²) in [6.07, 6.45) is 3.00. The summed E-state index contributed by atoms with van der Waals surface area (Å²) in [5.74, 6) is -0.453. The van der Waals surface area contributed by atoms with Gasteiger partial charge in [0.1, 0.15) is 11.6 Å². The molecular weight excluding hydrogens is 399 g/mol. The van der Waals surface area contributed by atoms with Crippen molar-refractivity contribution < 1.29 is 4.79 Å². The SMILES string of the molecule is Cc1cc(I)ccc1NC(=O)/C(C#N)=C\Nc1nccs1. The predicted octanol–water partition coefficient (Wildman–Crippen LogP) is 3.51. The van der Waals surface area contributed by atoms with Crippen LogP contribution in [0, 0.1) is 21.8 Å². The molecule has 1 aromatic carbocycles. The minimum absolute atomic E-state index is 0.0110. The average Bonchev–Trinajstić information content (AvgIpc) is 2.96. The molecule has 1 amide bonds. The van der Waals surface area contributed by atoms with E-state index in [9.17, 15) is 4.79 Å². The van der Waals surface area contributed by atoms with E-state index in [0.29, 0.717) is 10.8 Å². The summed E-state index contributed by atoms with van der Waals surface area (Å²) in [4.78, 5) is 16.1. The molecule has 1 aromatic heterocycles. The minimum atomic E-state index is -0.453. The van der Waals surface area contributed by atoms with Crippen LogP contribution in [-0.4, -0.2) is 10.9 Å². The molecule has 0 aliphatic rings. The van der Waals surface area contributed by atoms with Crippen LogP contribution < -0.4 is 10.6 Å². The largest absolute Gasteiger partial charge is 0.337 e. The summed E-state index contributed by atoms with van der Waals surface area (Å²) in [7, 11) is 0. The summed E-state index contributed by atoms with van der Waals surface area (Å²) in [6.45, 7) is 1.90. The van der Waals surface area contributed by atoms with Gasteiger partial charge in [0, 0.05) is 27.0 Å². The molecule has 2 N–H and O–H groups in total. The zero-order valence-corrected chi connectivity index (χ0v) is 14.0. The molecular formula is C14H11IN4OS. The molecule has 2 aromatic rings. The van der Waals surface area contributed by atoms with Gasteiger partial charge in [-0.2, -0.15) is 5.26 Å². The molecule has 2 rings (SSSR count). The number of aromatic nitrogens is 1. The number of rotatable bonds is 4. The highest BCUT2D eigenvalue weighted by molar-refractivity contribution is 14.1. The molecule has 0 atom stereocenters. The van der Waals surface area contributed by atoms with Crippen LogP contribution in [0.25, 0.3) is 0 Å². The molecule has 0 unspecified atom stereocenters. The van der Waals surface area contributed by atoms with Crippen molar-refractivity contribution >= 4 is 50.7 Å². The lowest BCUT2D eigenvalue weighted by molar-refractivity contribution is -0.112. The molecule has 7 heteroatoms. The summed E-state index contributed by atoms with van der Waals surface area (Å²) in [6, 6.07) is 7.55. The Morgan fingerprint density at radius 3 is 2.95 bits per heavy atom. The number of benzene rings is 1. The molecule has 5 nitrogen and oxygen atoms in total. The van der Waals surface area contributed by atoms with Gasteiger partial charge in [0.05, 0.1) is 0 Å². The first-order chi connectivity index (χ1) is 10.1. The minimum Gasteiger partial charge on any atom is -0.337 e. The van der Waals surface area contributed by atoms with Gasteiger partial charge in [0.15, 0.2) is 5.13 Å². The number of amides is 1. The maximum Gasteiger partial charge on any atom is 0.267 e. The second-order valence-corrected chi connectivity index (χ2v) is 6.20. The highest BCUT2D eigenvalue weighted by atomic mass is 127. The number of thiazole rings is 1. The van der Waals surface area contributed by atoms with Crippen LogP contribution in [-0.2, 0) is 4.79 Å². The van der Waals surface area contributed by atoms with Crippen molar-refractivity contribution in [1.82, 2.24) is 4.98 Å². The Morgan fingerprint density at radius 2 is 2.33 bits per heavy atom. The summed E-state index contributed by atoms with van der Waals surface area (Å²) < 4.78 is 1.09. The second kappa shape index (κ2) is 7.19. The van der Waals surface area contributed by atoms with E-state index >= 15 is 0 Å². The van der Waals surface area contributed by atoms with Gasteiger partial charge >= 0.3 is 0 Å². The lowest BCUT2D eigenvalue weighted by atomic mass is 10.2. The van der Waals surface area contributed by atoms with E-state index in [1.54, 1.807) is 11.6 Å². The smallest absolute Gasteiger partial charge is 0.267 e. The van der Waals surface area contributed by atoms with Crippen LogP contribution in [0.1, 0.15) is 5.56 Å². The molecule has 21 heavy (non-hydrogen) atoms. The monoisotopic (exact) mass is 410 g/mol. The van der Waals surface area contributed by atoms with Gasteiger partial charge in [-0.1, -0.05) is 0 Å². The van der Waals surface area contributed by atoms with Crippen molar-refractivity contribution in [2.75, 3.05) is 10.6 Å². The fraction of sp³-hybridized carbons (Fsp3) is 0.0714. The van der Waals surface area contributed by atoms with Gasteiger partial charge in [0.2, 0.25) is 0 Å². The zero-order chi connectivity index (χ0) is 15.2. The van der Waals surface area contributed by atoms with Gasteiger partial charge in [0.25, 0.3) is 5.91 Å². The Hall–Kier alpha value is -1.92. The number of carbonyl (C=O) groups is 1. The second-order valence-electron chi connectivity index (χ2n) is 4.06. The van der Waals surface area contributed by atoms with Crippen LogP contribution in [0.3, 0.4) is 0 Å². The number of carbonyl (C=O) groups excluding carboxylic acids is 1. The van der Waals surface area contributed by atoms with Crippen LogP contribution in [0.2, 0.25) is 0 Å². The molecule has 0 fully saturated rings. The third-order valence-electron chi connectivity index (χ3n) is 2.57. The summed E-state index contributed by atoms with van der Waals surface area (Å²) >= 11 is 3.59. The van der Waals surface area contributed by atoms with Crippen LogP contribution >= 0.6 is 33.9 Å². The molecule has 0 bridgehead atoms. The van der Waals surface area contributed by atoms with Crippen molar-refractivity contribution in [3.63, 3.8) is 0 Å². The summed E-state index contributed by atoms with van der Waals surface area (Å²) in [5, 5.41) is 17.1. The first-order valence-corrected chi connectivity index (χ1v) is 7.90. The van der Waals surface area contributed by atoms with Gasteiger partial charge in [-0.25, -0.2) is 4.98 Å². The number of aryl methyl sites for hydroxylation is 1. The van der Waals surface area contributed by atoms with Gasteiger partial charge < -0.3 is 10.6 Å². The molecule has 0 aliphatic carbocycles. The Morgan fingerprint density at radius 1 is 1.52 bits per heavy atom. The fourth-order valence-corrected chi connectivity index (χ4v) is 2.68. The Balaban J connectivity index is 2.10. The molecule has 0 saturated heterocycles. The zero-order valence-electron chi connectivity index (χ0n) is 11.1. The van der Waals surface area contributed by atoms with Crippen LogP contribution in [0.4, 0.5) is 10.8 Å². The quantitative estimate of drug-likeness (QED) is 0.460. The topological polar surface area (TPSA) is 77.8 Å². The molecule has 1 heterocycles. The van der Waals surface area contributed by atoms with Crippen molar-refractivity contribution in [3.8, 4) is 6.07 Å². The Labute approximate surface area is 139 Å². The van der Waals surface area contributed by atoms with Gasteiger partial charge in [-0.15, -0.1) is 11.3 Å². The van der Waals surface area contributed by atoms with Gasteiger partial charge in [-0.3, -0.25) is 4.79 Å². The number of anilines is 2. The maximum atomic E-state index is 12.1. The molecule has 0 aliphatic heterocycles. The van der Waals surface area contributed by atoms with Crippen LogP contribution in [0.15, 0.2) is 41.5 Å². The van der Waals surface area contributed by atoms with Crippen molar-refractivity contribution in [2.24, 2.45) is 0 Å². The van der Waals surface area contributed by atoms with Gasteiger partial charge in [-0.05, 0) is 53.3 Å². The molecule has 0 spiro atoms. The molecule has 106 valence electrons. The number of nitrogens with one attached hydrogen (secondary N) is 2. The number of hydrogen-bond acceptors (Lipinski definition) is 5. The third kappa shape index (κ3) is 4.27. The number of halogens is 1. The van der Waals surface area contributed by atoms with E-state index in [4.69, 9.17) is 5.26 Å². The first kappa shape index (κ1) is 15.5. The average molecular weight is 410 g/mol. The predicted molar refractivity (Wildman–Crippen MR) is 92.0 cm³/mol. The summed E-state index contributed by atoms with van der Waals surface area (Å²) in [5.41, 5.74) is 1.62. The lowest BCUT2D eigenvalue weighted by Gasteiger charge is -2.08.